The fourth-order valence-corrected chi connectivity index (χ4v) is 2.98. The Morgan fingerprint density at radius 1 is 1.42 bits per heavy atom. The summed E-state index contributed by atoms with van der Waals surface area (Å²) in [5.41, 5.74) is 4.00. The zero-order valence-corrected chi connectivity index (χ0v) is 12.7. The SMILES string of the molecule is CCc1nn(CC2CCCO2)c(CC)c1C(C)NC. The standard InChI is InChI=1S/C15H27N3O/c1-5-13-15(11(3)16-4)14(6-2)18(17-13)10-12-8-7-9-19-12/h11-12,16H,5-10H2,1-4H3. The van der Waals surface area contributed by atoms with Gasteiger partial charge in [-0.2, -0.15) is 5.10 Å². The maximum atomic E-state index is 5.75. The van der Waals surface area contributed by atoms with Crippen molar-refractivity contribution >= 4 is 0 Å². The number of hydrogen-bond donors (Lipinski definition) is 1. The van der Waals surface area contributed by atoms with Gasteiger partial charge in [-0.05, 0) is 39.7 Å². The van der Waals surface area contributed by atoms with E-state index in [4.69, 9.17) is 9.84 Å². The van der Waals surface area contributed by atoms with Crippen LogP contribution in [0.25, 0.3) is 0 Å². The lowest BCUT2D eigenvalue weighted by Crippen LogP contribution is -2.19. The quantitative estimate of drug-likeness (QED) is 0.859. The third kappa shape index (κ3) is 3.00. The lowest BCUT2D eigenvalue weighted by Gasteiger charge is -2.15. The third-order valence-corrected chi connectivity index (χ3v) is 4.11. The van der Waals surface area contributed by atoms with Crippen LogP contribution in [-0.2, 0) is 24.1 Å². The second-order valence-corrected chi connectivity index (χ2v) is 5.34. The van der Waals surface area contributed by atoms with Gasteiger partial charge in [-0.3, -0.25) is 4.68 Å². The Kier molecular flexibility index (Phi) is 4.99. The van der Waals surface area contributed by atoms with Crippen molar-refractivity contribution < 1.29 is 4.74 Å². The summed E-state index contributed by atoms with van der Waals surface area (Å²) in [4.78, 5) is 0. The molecular weight excluding hydrogens is 238 g/mol. The molecule has 0 aliphatic carbocycles. The largest absolute Gasteiger partial charge is 0.376 e. The first-order valence-electron chi connectivity index (χ1n) is 7.58. The van der Waals surface area contributed by atoms with E-state index in [-0.39, 0.29) is 0 Å². The molecule has 0 aromatic carbocycles. The van der Waals surface area contributed by atoms with Crippen LogP contribution in [0.5, 0.6) is 0 Å². The van der Waals surface area contributed by atoms with E-state index in [1.165, 1.54) is 29.8 Å². The van der Waals surface area contributed by atoms with Crippen molar-refractivity contribution in [1.29, 1.82) is 0 Å². The molecule has 0 amide bonds. The van der Waals surface area contributed by atoms with Crippen molar-refractivity contribution in [2.24, 2.45) is 0 Å². The first-order chi connectivity index (χ1) is 9.21. The van der Waals surface area contributed by atoms with Gasteiger partial charge in [0.05, 0.1) is 18.3 Å². The molecule has 4 heteroatoms. The molecule has 0 radical (unpaired) electrons. The second-order valence-electron chi connectivity index (χ2n) is 5.34. The van der Waals surface area contributed by atoms with Gasteiger partial charge in [0.1, 0.15) is 0 Å². The summed E-state index contributed by atoms with van der Waals surface area (Å²) >= 11 is 0. The summed E-state index contributed by atoms with van der Waals surface area (Å²) < 4.78 is 7.94. The predicted octanol–water partition coefficient (Wildman–Crippen LogP) is 2.47. The van der Waals surface area contributed by atoms with Crippen molar-refractivity contribution in [3.8, 4) is 0 Å². The fraction of sp³-hybridized carbons (Fsp3) is 0.800. The van der Waals surface area contributed by atoms with Crippen molar-refractivity contribution in [2.45, 2.75) is 65.1 Å². The zero-order chi connectivity index (χ0) is 13.8. The van der Waals surface area contributed by atoms with Gasteiger partial charge >= 0.3 is 0 Å². The van der Waals surface area contributed by atoms with Crippen LogP contribution in [0.15, 0.2) is 0 Å². The molecule has 1 fully saturated rings. The van der Waals surface area contributed by atoms with Crippen LogP contribution in [-0.4, -0.2) is 29.5 Å². The number of hydrogen-bond acceptors (Lipinski definition) is 3. The molecule has 0 spiro atoms. The lowest BCUT2D eigenvalue weighted by atomic mass is 10.0. The third-order valence-electron chi connectivity index (χ3n) is 4.11. The van der Waals surface area contributed by atoms with Crippen LogP contribution in [0.1, 0.15) is 56.6 Å². The van der Waals surface area contributed by atoms with Gasteiger partial charge in [-0.25, -0.2) is 0 Å². The molecule has 4 nitrogen and oxygen atoms in total. The fourth-order valence-electron chi connectivity index (χ4n) is 2.98. The number of aryl methyl sites for hydroxylation is 1. The number of nitrogens with zero attached hydrogens (tertiary/aromatic N) is 2. The van der Waals surface area contributed by atoms with Crippen LogP contribution in [0.2, 0.25) is 0 Å². The first kappa shape index (κ1) is 14.5. The molecule has 1 aromatic rings. The Bertz CT molecular complexity index is 408. The Morgan fingerprint density at radius 2 is 2.21 bits per heavy atom. The molecule has 108 valence electrons. The van der Waals surface area contributed by atoms with Crippen molar-refractivity contribution in [3.63, 3.8) is 0 Å². The van der Waals surface area contributed by atoms with Gasteiger partial charge in [0.15, 0.2) is 0 Å². The van der Waals surface area contributed by atoms with Crippen LogP contribution in [0.4, 0.5) is 0 Å². The predicted molar refractivity (Wildman–Crippen MR) is 77.4 cm³/mol. The second kappa shape index (κ2) is 6.53. The monoisotopic (exact) mass is 265 g/mol. The summed E-state index contributed by atoms with van der Waals surface area (Å²) in [5.74, 6) is 0. The van der Waals surface area contributed by atoms with Crippen LogP contribution in [0, 0.1) is 0 Å². The molecule has 0 saturated carbocycles. The highest BCUT2D eigenvalue weighted by molar-refractivity contribution is 5.30. The van der Waals surface area contributed by atoms with Crippen molar-refractivity contribution in [3.05, 3.63) is 17.0 Å². The topological polar surface area (TPSA) is 39.1 Å². The van der Waals surface area contributed by atoms with Crippen LogP contribution < -0.4 is 5.32 Å². The van der Waals surface area contributed by atoms with Gasteiger partial charge < -0.3 is 10.1 Å². The molecule has 2 rings (SSSR count). The number of nitrogens with one attached hydrogen (secondary N) is 1. The summed E-state index contributed by atoms with van der Waals surface area (Å²) in [6, 6.07) is 0.364. The molecule has 2 heterocycles. The Hall–Kier alpha value is -0.870. The van der Waals surface area contributed by atoms with E-state index in [1.807, 2.05) is 7.05 Å². The van der Waals surface area contributed by atoms with Gasteiger partial charge in [0.25, 0.3) is 0 Å². The minimum atomic E-state index is 0.354. The summed E-state index contributed by atoms with van der Waals surface area (Å²) in [7, 11) is 2.01. The van der Waals surface area contributed by atoms with E-state index in [1.54, 1.807) is 0 Å². The van der Waals surface area contributed by atoms with Gasteiger partial charge in [-0.15, -0.1) is 0 Å². The van der Waals surface area contributed by atoms with E-state index in [0.717, 1.165) is 26.0 Å². The Labute approximate surface area is 116 Å². The van der Waals surface area contributed by atoms with E-state index < -0.39 is 0 Å². The smallest absolute Gasteiger partial charge is 0.0771 e. The van der Waals surface area contributed by atoms with Crippen LogP contribution in [0.3, 0.4) is 0 Å². The average Bonchev–Trinajstić information content (AvgIpc) is 3.05. The summed E-state index contributed by atoms with van der Waals surface area (Å²) in [6.07, 6.45) is 4.73. The molecule has 19 heavy (non-hydrogen) atoms. The van der Waals surface area contributed by atoms with E-state index in [2.05, 4.69) is 30.8 Å². The summed E-state index contributed by atoms with van der Waals surface area (Å²) in [6.45, 7) is 8.44. The summed E-state index contributed by atoms with van der Waals surface area (Å²) in [5, 5.41) is 8.18. The molecule has 1 aliphatic heterocycles. The molecule has 1 aromatic heterocycles. The molecule has 1 N–H and O–H groups in total. The minimum Gasteiger partial charge on any atom is -0.376 e. The molecule has 2 atom stereocenters. The molecular formula is C15H27N3O. The van der Waals surface area contributed by atoms with E-state index in [0.29, 0.717) is 12.1 Å². The maximum Gasteiger partial charge on any atom is 0.0771 e. The van der Waals surface area contributed by atoms with E-state index in [9.17, 15) is 0 Å². The van der Waals surface area contributed by atoms with Gasteiger partial charge in [-0.1, -0.05) is 13.8 Å². The minimum absolute atomic E-state index is 0.354. The zero-order valence-electron chi connectivity index (χ0n) is 12.7. The molecule has 0 bridgehead atoms. The highest BCUT2D eigenvalue weighted by atomic mass is 16.5. The van der Waals surface area contributed by atoms with Crippen LogP contribution >= 0.6 is 0 Å². The van der Waals surface area contributed by atoms with Crippen molar-refractivity contribution in [2.75, 3.05) is 13.7 Å². The number of rotatable bonds is 6. The first-order valence-corrected chi connectivity index (χ1v) is 7.58. The molecule has 2 unspecified atom stereocenters. The Balaban J connectivity index is 2.29. The van der Waals surface area contributed by atoms with Crippen molar-refractivity contribution in [1.82, 2.24) is 15.1 Å². The molecule has 1 aliphatic rings. The highest BCUT2D eigenvalue weighted by Gasteiger charge is 2.23. The van der Waals surface area contributed by atoms with Gasteiger partial charge in [0.2, 0.25) is 0 Å². The Morgan fingerprint density at radius 3 is 2.74 bits per heavy atom. The van der Waals surface area contributed by atoms with Gasteiger partial charge in [0, 0.05) is 23.9 Å². The number of ether oxygens (including phenoxy) is 1. The van der Waals surface area contributed by atoms with E-state index >= 15 is 0 Å². The maximum absolute atomic E-state index is 5.75. The number of aromatic nitrogens is 2. The lowest BCUT2D eigenvalue weighted by molar-refractivity contribution is 0.0931. The molecule has 1 saturated heterocycles. The average molecular weight is 265 g/mol. The normalized spacial score (nSPS) is 20.9. The highest BCUT2D eigenvalue weighted by Crippen LogP contribution is 2.25.